The van der Waals surface area contributed by atoms with E-state index in [9.17, 15) is 9.59 Å². The highest BCUT2D eigenvalue weighted by Gasteiger charge is 2.20. The Bertz CT molecular complexity index is 1310. The number of hydrogen-bond acceptors (Lipinski definition) is 5. The molecule has 1 aliphatic heterocycles. The lowest BCUT2D eigenvalue weighted by atomic mass is 10.1. The lowest BCUT2D eigenvalue weighted by molar-refractivity contribution is 0.0303. The summed E-state index contributed by atoms with van der Waals surface area (Å²) in [5.74, 6) is -0.00227. The fourth-order valence-corrected chi connectivity index (χ4v) is 4.00. The van der Waals surface area contributed by atoms with Gasteiger partial charge in [0.05, 0.1) is 31.1 Å². The van der Waals surface area contributed by atoms with E-state index in [-0.39, 0.29) is 17.6 Å². The van der Waals surface area contributed by atoms with Crippen molar-refractivity contribution < 1.29 is 9.53 Å². The van der Waals surface area contributed by atoms with E-state index in [2.05, 4.69) is 9.97 Å². The molecule has 32 heavy (non-hydrogen) atoms. The lowest BCUT2D eigenvalue weighted by Crippen LogP contribution is -2.40. The maximum absolute atomic E-state index is 12.7. The Morgan fingerprint density at radius 1 is 1.06 bits per heavy atom. The van der Waals surface area contributed by atoms with Crippen LogP contribution in [-0.4, -0.2) is 56.6 Å². The summed E-state index contributed by atoms with van der Waals surface area (Å²) in [7, 11) is 0. The zero-order chi connectivity index (χ0) is 22.1. The van der Waals surface area contributed by atoms with Gasteiger partial charge in [-0.15, -0.1) is 0 Å². The minimum atomic E-state index is -0.250. The van der Waals surface area contributed by atoms with Crippen LogP contribution >= 0.6 is 0 Å². The topological polar surface area (TPSA) is 93.1 Å². The highest BCUT2D eigenvalue weighted by Crippen LogP contribution is 2.23. The Balaban J connectivity index is 1.47. The molecular formula is C24H23N5O3. The van der Waals surface area contributed by atoms with Gasteiger partial charge in [0.15, 0.2) is 11.3 Å². The maximum Gasteiger partial charge on any atom is 0.329 e. The van der Waals surface area contributed by atoms with Crippen molar-refractivity contribution in [3.05, 3.63) is 82.4 Å². The molecule has 0 radical (unpaired) electrons. The van der Waals surface area contributed by atoms with E-state index in [0.29, 0.717) is 48.9 Å². The van der Waals surface area contributed by atoms with E-state index >= 15 is 0 Å². The molecule has 1 aliphatic rings. The third-order valence-electron chi connectivity index (χ3n) is 5.82. The summed E-state index contributed by atoms with van der Waals surface area (Å²) in [6, 6.07) is 16.9. The normalized spacial score (nSPS) is 15.1. The number of nitrogens with one attached hydrogen (secondary N) is 1. The number of morpholine rings is 1. The molecule has 1 fully saturated rings. The molecule has 8 heteroatoms. The molecule has 1 saturated heterocycles. The number of aromatic nitrogens is 4. The van der Waals surface area contributed by atoms with Crippen LogP contribution in [0.25, 0.3) is 22.6 Å². The molecule has 162 valence electrons. The largest absolute Gasteiger partial charge is 0.378 e. The summed E-state index contributed by atoms with van der Waals surface area (Å²) in [5, 5.41) is 0. The number of carbonyl (C=O) groups excluding carboxylic acids is 1. The molecule has 0 unspecified atom stereocenters. The third-order valence-corrected chi connectivity index (χ3v) is 5.82. The number of ether oxygens (including phenoxy) is 1. The first-order chi connectivity index (χ1) is 15.6. The lowest BCUT2D eigenvalue weighted by Gasteiger charge is -2.26. The predicted octanol–water partition coefficient (Wildman–Crippen LogP) is 2.87. The van der Waals surface area contributed by atoms with Gasteiger partial charge >= 0.3 is 5.69 Å². The second kappa shape index (κ2) is 8.39. The van der Waals surface area contributed by atoms with Crippen molar-refractivity contribution in [3.63, 3.8) is 0 Å². The Morgan fingerprint density at radius 3 is 2.50 bits per heavy atom. The molecule has 5 rings (SSSR count). The number of H-pyrrole nitrogens is 1. The molecule has 4 aromatic rings. The van der Waals surface area contributed by atoms with Crippen LogP contribution in [0.1, 0.15) is 28.9 Å². The van der Waals surface area contributed by atoms with Crippen molar-refractivity contribution in [2.45, 2.75) is 13.0 Å². The number of fused-ring (bicyclic) bond motifs is 1. The van der Waals surface area contributed by atoms with Crippen molar-refractivity contribution in [1.29, 1.82) is 0 Å². The second-order valence-corrected chi connectivity index (χ2v) is 7.80. The van der Waals surface area contributed by atoms with Crippen molar-refractivity contribution in [1.82, 2.24) is 24.4 Å². The molecule has 1 amide bonds. The molecule has 2 aromatic heterocycles. The van der Waals surface area contributed by atoms with E-state index in [1.807, 2.05) is 49.4 Å². The second-order valence-electron chi connectivity index (χ2n) is 7.80. The number of carbonyl (C=O) groups is 1. The van der Waals surface area contributed by atoms with Crippen LogP contribution < -0.4 is 5.69 Å². The summed E-state index contributed by atoms with van der Waals surface area (Å²) < 4.78 is 6.94. The standard InChI is InChI=1S/C24H23N5O3/c1-16(17-5-3-2-4-6-17)29-22-21(27-24(29)31)25-15-20(26-22)18-7-9-19(10-8-18)23(30)28-11-13-32-14-12-28/h2-10,15-16H,11-14H2,1H3,(H,25,27,31)/t16-/m1/s1. The highest BCUT2D eigenvalue weighted by molar-refractivity contribution is 5.94. The summed E-state index contributed by atoms with van der Waals surface area (Å²) in [6.45, 7) is 4.31. The van der Waals surface area contributed by atoms with Gasteiger partial charge in [-0.3, -0.25) is 14.3 Å². The van der Waals surface area contributed by atoms with Gasteiger partial charge in [0.1, 0.15) is 0 Å². The zero-order valence-electron chi connectivity index (χ0n) is 17.7. The number of benzene rings is 2. The molecular weight excluding hydrogens is 406 g/mol. The van der Waals surface area contributed by atoms with Crippen LogP contribution in [0.4, 0.5) is 0 Å². The van der Waals surface area contributed by atoms with Gasteiger partial charge in [-0.1, -0.05) is 42.5 Å². The third kappa shape index (κ3) is 3.69. The quantitative estimate of drug-likeness (QED) is 0.539. The Kier molecular flexibility index (Phi) is 5.28. The fourth-order valence-electron chi connectivity index (χ4n) is 4.00. The van der Waals surface area contributed by atoms with Crippen LogP contribution in [0.5, 0.6) is 0 Å². The minimum Gasteiger partial charge on any atom is -0.378 e. The van der Waals surface area contributed by atoms with E-state index < -0.39 is 0 Å². The van der Waals surface area contributed by atoms with Crippen LogP contribution in [0.3, 0.4) is 0 Å². The van der Waals surface area contributed by atoms with Crippen molar-refractivity contribution >= 4 is 17.2 Å². The molecule has 0 aliphatic carbocycles. The fraction of sp³-hybridized carbons (Fsp3) is 0.250. The van der Waals surface area contributed by atoms with Crippen molar-refractivity contribution in [2.24, 2.45) is 0 Å². The van der Waals surface area contributed by atoms with Gasteiger partial charge in [-0.05, 0) is 24.6 Å². The van der Waals surface area contributed by atoms with Crippen LogP contribution in [0.15, 0.2) is 65.6 Å². The summed E-state index contributed by atoms with van der Waals surface area (Å²) >= 11 is 0. The average molecular weight is 429 g/mol. The van der Waals surface area contributed by atoms with Crippen LogP contribution in [0, 0.1) is 0 Å². The van der Waals surface area contributed by atoms with Gasteiger partial charge in [0.25, 0.3) is 5.91 Å². The van der Waals surface area contributed by atoms with E-state index in [0.717, 1.165) is 11.1 Å². The molecule has 1 N–H and O–H groups in total. The zero-order valence-corrected chi connectivity index (χ0v) is 17.7. The van der Waals surface area contributed by atoms with Crippen molar-refractivity contribution in [3.8, 4) is 11.3 Å². The summed E-state index contributed by atoms with van der Waals surface area (Å²) in [5.41, 5.74) is 3.79. The monoisotopic (exact) mass is 429 g/mol. The molecule has 8 nitrogen and oxygen atoms in total. The van der Waals surface area contributed by atoms with Crippen LogP contribution in [0.2, 0.25) is 0 Å². The number of amides is 1. The molecule has 0 spiro atoms. The number of aromatic amines is 1. The Labute approximate surface area is 184 Å². The van der Waals surface area contributed by atoms with Gasteiger partial charge in [-0.25, -0.2) is 14.8 Å². The van der Waals surface area contributed by atoms with Gasteiger partial charge < -0.3 is 9.64 Å². The predicted molar refractivity (Wildman–Crippen MR) is 121 cm³/mol. The first-order valence-electron chi connectivity index (χ1n) is 10.6. The Morgan fingerprint density at radius 2 is 1.78 bits per heavy atom. The summed E-state index contributed by atoms with van der Waals surface area (Å²) in [4.78, 5) is 39.1. The first kappa shape index (κ1) is 20.1. The van der Waals surface area contributed by atoms with Gasteiger partial charge in [0, 0.05) is 24.2 Å². The number of rotatable bonds is 4. The summed E-state index contributed by atoms with van der Waals surface area (Å²) in [6.07, 6.45) is 1.63. The average Bonchev–Trinajstić information content (AvgIpc) is 3.19. The molecule has 3 heterocycles. The molecule has 0 bridgehead atoms. The van der Waals surface area contributed by atoms with Crippen molar-refractivity contribution in [2.75, 3.05) is 26.3 Å². The van der Waals surface area contributed by atoms with E-state index in [1.165, 1.54) is 0 Å². The molecule has 2 aromatic carbocycles. The SMILES string of the molecule is C[C@H](c1ccccc1)n1c(=O)[nH]c2ncc(-c3ccc(C(=O)N4CCOCC4)cc3)nc21. The number of imidazole rings is 1. The number of hydrogen-bond donors (Lipinski definition) is 1. The first-order valence-corrected chi connectivity index (χ1v) is 10.6. The molecule has 0 saturated carbocycles. The van der Waals surface area contributed by atoms with Gasteiger partial charge in [-0.2, -0.15) is 0 Å². The smallest absolute Gasteiger partial charge is 0.329 e. The van der Waals surface area contributed by atoms with Gasteiger partial charge in [0.2, 0.25) is 0 Å². The van der Waals surface area contributed by atoms with E-state index in [4.69, 9.17) is 9.72 Å². The maximum atomic E-state index is 12.7. The Hall–Kier alpha value is -3.78. The highest BCUT2D eigenvalue weighted by atomic mass is 16.5. The molecule has 1 atom stereocenters. The van der Waals surface area contributed by atoms with E-state index in [1.54, 1.807) is 27.8 Å². The number of nitrogens with zero attached hydrogens (tertiary/aromatic N) is 4. The van der Waals surface area contributed by atoms with Crippen LogP contribution in [-0.2, 0) is 4.74 Å². The minimum absolute atomic E-state index is 0.00227.